The Morgan fingerprint density at radius 3 is 2.53 bits per heavy atom. The monoisotopic (exact) mass is 441 g/mol. The van der Waals surface area contributed by atoms with Crippen LogP contribution in [-0.2, 0) is 6.61 Å². The van der Waals surface area contributed by atoms with Crippen LogP contribution in [0.5, 0.6) is 5.75 Å². The lowest BCUT2D eigenvalue weighted by atomic mass is 9.95. The summed E-state index contributed by atoms with van der Waals surface area (Å²) in [6.45, 7) is 1.15. The van der Waals surface area contributed by atoms with Gasteiger partial charge in [-0.15, -0.1) is 0 Å². The molecule has 4 heteroatoms. The highest BCUT2D eigenvalue weighted by atomic mass is 16.5. The molecule has 0 aliphatic carbocycles. The number of ether oxygens (including phenoxy) is 1. The number of benzene rings is 3. The summed E-state index contributed by atoms with van der Waals surface area (Å²) in [5.74, 6) is 0.808. The van der Waals surface area contributed by atoms with Crippen molar-refractivity contribution in [3.05, 3.63) is 138 Å². The molecular formula is C30H23N3O. The number of rotatable bonds is 6. The molecule has 3 aromatic carbocycles. The predicted octanol–water partition coefficient (Wildman–Crippen LogP) is 6.48. The van der Waals surface area contributed by atoms with Crippen molar-refractivity contribution in [3.63, 3.8) is 0 Å². The minimum atomic E-state index is 0.514. The average molecular weight is 442 g/mol. The van der Waals surface area contributed by atoms with Gasteiger partial charge in [0.25, 0.3) is 0 Å². The zero-order valence-electron chi connectivity index (χ0n) is 18.6. The lowest BCUT2D eigenvalue weighted by molar-refractivity contribution is 0.306. The van der Waals surface area contributed by atoms with Gasteiger partial charge in [-0.25, -0.2) is 0 Å². The maximum absolute atomic E-state index is 9.67. The van der Waals surface area contributed by atoms with Crippen molar-refractivity contribution in [3.8, 4) is 11.8 Å². The number of allylic oxidation sites excluding steroid dienone is 2. The quantitative estimate of drug-likeness (QED) is 0.344. The SMILES string of the molecule is N#Cc1ccccc1C1=CC(c2ccccn2)=CN(c2cccc(OCc3ccccc3)c2)C1. The van der Waals surface area contributed by atoms with Crippen molar-refractivity contribution in [1.82, 2.24) is 4.98 Å². The largest absolute Gasteiger partial charge is 0.489 e. The van der Waals surface area contributed by atoms with Crippen molar-refractivity contribution in [2.24, 2.45) is 0 Å². The van der Waals surface area contributed by atoms with Crippen LogP contribution in [0, 0.1) is 11.3 Å². The van der Waals surface area contributed by atoms with E-state index in [0.717, 1.165) is 39.4 Å². The molecule has 1 aliphatic heterocycles. The third-order valence-corrected chi connectivity index (χ3v) is 5.72. The smallest absolute Gasteiger partial charge is 0.121 e. The van der Waals surface area contributed by atoms with Gasteiger partial charge in [0.05, 0.1) is 17.3 Å². The second kappa shape index (κ2) is 9.89. The Balaban J connectivity index is 1.48. The molecule has 164 valence electrons. The first kappa shape index (κ1) is 21.2. The van der Waals surface area contributed by atoms with Gasteiger partial charge in [0.2, 0.25) is 0 Å². The van der Waals surface area contributed by atoms with Crippen LogP contribution in [0.2, 0.25) is 0 Å². The molecule has 1 aromatic heterocycles. The Morgan fingerprint density at radius 2 is 1.71 bits per heavy atom. The molecule has 0 atom stereocenters. The topological polar surface area (TPSA) is 49.2 Å². The van der Waals surface area contributed by atoms with Gasteiger partial charge in [-0.3, -0.25) is 4.98 Å². The lowest BCUT2D eigenvalue weighted by Gasteiger charge is -2.28. The Morgan fingerprint density at radius 1 is 0.882 bits per heavy atom. The highest BCUT2D eigenvalue weighted by Crippen LogP contribution is 2.33. The molecule has 0 bridgehead atoms. The average Bonchev–Trinajstić information content (AvgIpc) is 2.93. The van der Waals surface area contributed by atoms with Crippen molar-refractivity contribution >= 4 is 16.8 Å². The molecule has 0 saturated heterocycles. The van der Waals surface area contributed by atoms with Crippen molar-refractivity contribution in [2.45, 2.75) is 6.61 Å². The summed E-state index contributed by atoms with van der Waals surface area (Å²) in [6, 6.07) is 34.2. The predicted molar refractivity (Wildman–Crippen MR) is 136 cm³/mol. The van der Waals surface area contributed by atoms with Gasteiger partial charge in [-0.1, -0.05) is 60.7 Å². The third-order valence-electron chi connectivity index (χ3n) is 5.72. The Labute approximate surface area is 199 Å². The van der Waals surface area contributed by atoms with E-state index in [1.54, 1.807) is 6.20 Å². The molecular weight excluding hydrogens is 418 g/mol. The highest BCUT2D eigenvalue weighted by molar-refractivity contribution is 5.90. The van der Waals surface area contributed by atoms with Crippen LogP contribution in [0.1, 0.15) is 22.4 Å². The van der Waals surface area contributed by atoms with Crippen LogP contribution in [0.15, 0.2) is 116 Å². The Hall–Kier alpha value is -4.62. The number of nitriles is 1. The Bertz CT molecular complexity index is 1390. The molecule has 5 rings (SSSR count). The number of anilines is 1. The molecule has 0 unspecified atom stereocenters. The van der Waals surface area contributed by atoms with Crippen LogP contribution in [0.25, 0.3) is 11.1 Å². The zero-order valence-corrected chi connectivity index (χ0v) is 18.6. The fourth-order valence-electron chi connectivity index (χ4n) is 4.02. The molecule has 0 spiro atoms. The van der Waals surface area contributed by atoms with E-state index in [4.69, 9.17) is 4.74 Å². The van der Waals surface area contributed by atoms with Gasteiger partial charge in [-0.2, -0.15) is 5.26 Å². The van der Waals surface area contributed by atoms with Gasteiger partial charge in [-0.05, 0) is 53.1 Å². The Kier molecular flexibility index (Phi) is 6.18. The summed E-state index contributed by atoms with van der Waals surface area (Å²) in [7, 11) is 0. The standard InChI is InChI=1S/C30H23N3O/c31-19-24-11-4-5-14-29(24)25-17-26(30-15-6-7-16-32-30)21-33(20-25)27-12-8-13-28(18-27)34-22-23-9-2-1-3-10-23/h1-18,21H,20,22H2. The van der Waals surface area contributed by atoms with Crippen LogP contribution >= 0.6 is 0 Å². The van der Waals surface area contributed by atoms with Gasteiger partial charge >= 0.3 is 0 Å². The van der Waals surface area contributed by atoms with E-state index in [2.05, 4.69) is 52.5 Å². The maximum Gasteiger partial charge on any atom is 0.121 e. The first-order chi connectivity index (χ1) is 16.8. The minimum absolute atomic E-state index is 0.514. The van der Waals surface area contributed by atoms with E-state index in [0.29, 0.717) is 18.7 Å². The molecule has 0 amide bonds. The summed E-state index contributed by atoms with van der Waals surface area (Å²) in [5.41, 5.74) is 6.68. The fraction of sp³-hybridized carbons (Fsp3) is 0.0667. The van der Waals surface area contributed by atoms with Gasteiger partial charge in [0, 0.05) is 36.3 Å². The van der Waals surface area contributed by atoms with Gasteiger partial charge in [0.1, 0.15) is 12.4 Å². The fourth-order valence-corrected chi connectivity index (χ4v) is 4.02. The molecule has 4 aromatic rings. The number of nitrogens with zero attached hydrogens (tertiary/aromatic N) is 3. The number of pyridine rings is 1. The summed E-state index contributed by atoms with van der Waals surface area (Å²) in [5, 5.41) is 9.67. The van der Waals surface area contributed by atoms with Crippen molar-refractivity contribution < 1.29 is 4.74 Å². The number of aromatic nitrogens is 1. The van der Waals surface area contributed by atoms with Crippen LogP contribution in [-0.4, -0.2) is 11.5 Å². The second-order valence-electron chi connectivity index (χ2n) is 8.03. The van der Waals surface area contributed by atoms with E-state index in [1.165, 1.54) is 0 Å². The molecule has 0 saturated carbocycles. The molecule has 1 aliphatic rings. The van der Waals surface area contributed by atoms with Gasteiger partial charge in [0.15, 0.2) is 0 Å². The zero-order chi connectivity index (χ0) is 23.2. The summed E-state index contributed by atoms with van der Waals surface area (Å²) >= 11 is 0. The third kappa shape index (κ3) is 4.74. The van der Waals surface area contributed by atoms with Crippen LogP contribution < -0.4 is 9.64 Å². The molecule has 2 heterocycles. The van der Waals surface area contributed by atoms with Gasteiger partial charge < -0.3 is 9.64 Å². The second-order valence-corrected chi connectivity index (χ2v) is 8.03. The summed E-state index contributed by atoms with van der Waals surface area (Å²) < 4.78 is 6.07. The normalized spacial score (nSPS) is 13.0. The van der Waals surface area contributed by atoms with E-state index >= 15 is 0 Å². The number of hydrogen-bond acceptors (Lipinski definition) is 4. The molecule has 0 radical (unpaired) electrons. The van der Waals surface area contributed by atoms with E-state index in [-0.39, 0.29) is 0 Å². The summed E-state index contributed by atoms with van der Waals surface area (Å²) in [4.78, 5) is 6.74. The lowest BCUT2D eigenvalue weighted by Crippen LogP contribution is -2.22. The van der Waals surface area contributed by atoms with Crippen LogP contribution in [0.4, 0.5) is 5.69 Å². The van der Waals surface area contributed by atoms with Crippen molar-refractivity contribution in [1.29, 1.82) is 5.26 Å². The summed E-state index contributed by atoms with van der Waals surface area (Å²) in [6.07, 6.45) is 6.03. The number of hydrogen-bond donors (Lipinski definition) is 0. The molecule has 0 fully saturated rings. The van der Waals surface area contributed by atoms with E-state index in [1.807, 2.05) is 72.8 Å². The highest BCUT2D eigenvalue weighted by Gasteiger charge is 2.19. The molecule has 4 nitrogen and oxygen atoms in total. The van der Waals surface area contributed by atoms with E-state index < -0.39 is 0 Å². The first-order valence-electron chi connectivity index (χ1n) is 11.2. The molecule has 0 N–H and O–H groups in total. The minimum Gasteiger partial charge on any atom is -0.489 e. The van der Waals surface area contributed by atoms with E-state index in [9.17, 15) is 5.26 Å². The van der Waals surface area contributed by atoms with Crippen LogP contribution in [0.3, 0.4) is 0 Å². The van der Waals surface area contributed by atoms with Crippen molar-refractivity contribution in [2.75, 3.05) is 11.4 Å². The first-order valence-corrected chi connectivity index (χ1v) is 11.2. The maximum atomic E-state index is 9.67. The molecule has 34 heavy (non-hydrogen) atoms.